The van der Waals surface area contributed by atoms with E-state index in [4.69, 9.17) is 9.82 Å². The maximum atomic E-state index is 5.66. The van der Waals surface area contributed by atoms with Crippen LogP contribution in [-0.4, -0.2) is 11.6 Å². The van der Waals surface area contributed by atoms with E-state index in [0.29, 0.717) is 0 Å². The summed E-state index contributed by atoms with van der Waals surface area (Å²) in [5, 5.41) is 1.17. The van der Waals surface area contributed by atoms with Gasteiger partial charge in [-0.25, -0.2) is 0 Å². The summed E-state index contributed by atoms with van der Waals surface area (Å²) in [6.45, 7) is 2.93. The van der Waals surface area contributed by atoms with Gasteiger partial charge >= 0.3 is 0 Å². The fraction of sp³-hybridized carbons (Fsp3) is 0.471. The molecule has 0 bridgehead atoms. The number of hydrogen-bond donors (Lipinski definition) is 1. The normalized spacial score (nSPS) is 14.2. The fourth-order valence-corrected chi connectivity index (χ4v) is 2.83. The van der Waals surface area contributed by atoms with E-state index in [-0.39, 0.29) is 0 Å². The average molecular weight is 270 g/mol. The number of aryl methyl sites for hydroxylation is 1. The van der Waals surface area contributed by atoms with E-state index in [9.17, 15) is 0 Å². The van der Waals surface area contributed by atoms with Gasteiger partial charge in [-0.3, -0.25) is 15.3 Å². The van der Waals surface area contributed by atoms with Gasteiger partial charge in [0.05, 0.1) is 17.8 Å². The average Bonchev–Trinajstić information content (AvgIpc) is 2.50. The first-order chi connectivity index (χ1) is 9.90. The first-order valence-corrected chi connectivity index (χ1v) is 7.68. The van der Waals surface area contributed by atoms with Crippen molar-refractivity contribution in [3.63, 3.8) is 0 Å². The summed E-state index contributed by atoms with van der Waals surface area (Å²) < 4.78 is 0. The van der Waals surface area contributed by atoms with Crippen LogP contribution in [0.15, 0.2) is 24.3 Å². The highest BCUT2D eigenvalue weighted by Gasteiger charge is 2.17. The van der Waals surface area contributed by atoms with Crippen LogP contribution in [0.5, 0.6) is 0 Å². The number of aromatic nitrogens is 1. The molecule has 3 nitrogen and oxygen atoms in total. The number of pyridine rings is 1. The standard InChI is InChI=1S/C17H22N2O/c1-2-3-12-20-19-17-13-8-4-6-10-15(13)18-16-11-7-5-9-14(16)17/h4,6,8,10H,2-3,5,7,9,11-12H2,1H3,(H,18,19). The van der Waals surface area contributed by atoms with E-state index in [2.05, 4.69) is 30.6 Å². The summed E-state index contributed by atoms with van der Waals surface area (Å²) in [5.41, 5.74) is 8.02. The van der Waals surface area contributed by atoms with Gasteiger partial charge in [0.25, 0.3) is 0 Å². The predicted octanol–water partition coefficient (Wildman–Crippen LogP) is 4.26. The van der Waals surface area contributed by atoms with Crippen LogP contribution < -0.4 is 5.48 Å². The summed E-state index contributed by atoms with van der Waals surface area (Å²) in [7, 11) is 0. The molecule has 0 radical (unpaired) electrons. The van der Waals surface area contributed by atoms with Gasteiger partial charge in [-0.2, -0.15) is 0 Å². The zero-order valence-electron chi connectivity index (χ0n) is 12.1. The van der Waals surface area contributed by atoms with Crippen LogP contribution >= 0.6 is 0 Å². The molecule has 1 aliphatic rings. The number of para-hydroxylation sites is 1. The quantitative estimate of drug-likeness (QED) is 0.651. The van der Waals surface area contributed by atoms with Gasteiger partial charge in [0.2, 0.25) is 0 Å². The third-order valence-electron chi connectivity index (χ3n) is 3.94. The van der Waals surface area contributed by atoms with Crippen molar-refractivity contribution in [3.8, 4) is 0 Å². The van der Waals surface area contributed by atoms with Crippen LogP contribution in [0.3, 0.4) is 0 Å². The molecule has 0 saturated carbocycles. The molecule has 1 aromatic heterocycles. The summed E-state index contributed by atoms with van der Waals surface area (Å²) in [4.78, 5) is 10.5. The van der Waals surface area contributed by atoms with Crippen molar-refractivity contribution in [3.05, 3.63) is 35.5 Å². The highest BCUT2D eigenvalue weighted by Crippen LogP contribution is 2.33. The Morgan fingerprint density at radius 3 is 2.95 bits per heavy atom. The second-order valence-corrected chi connectivity index (χ2v) is 5.44. The summed E-state index contributed by atoms with van der Waals surface area (Å²) in [6, 6.07) is 8.33. The topological polar surface area (TPSA) is 34.1 Å². The Labute approximate surface area is 120 Å². The number of benzene rings is 1. The van der Waals surface area contributed by atoms with E-state index in [1.807, 2.05) is 6.07 Å². The molecule has 0 amide bonds. The van der Waals surface area contributed by atoms with Crippen LogP contribution in [0.25, 0.3) is 10.9 Å². The van der Waals surface area contributed by atoms with Crippen LogP contribution in [0.2, 0.25) is 0 Å². The van der Waals surface area contributed by atoms with E-state index in [1.54, 1.807) is 0 Å². The molecular weight excluding hydrogens is 248 g/mol. The molecule has 106 valence electrons. The van der Waals surface area contributed by atoms with Crippen molar-refractivity contribution >= 4 is 16.6 Å². The SMILES string of the molecule is CCCCONc1c2c(nc3ccccc13)CCCC2. The minimum absolute atomic E-state index is 0.752. The van der Waals surface area contributed by atoms with Crippen molar-refractivity contribution in [2.75, 3.05) is 12.1 Å². The molecule has 1 N–H and O–H groups in total. The van der Waals surface area contributed by atoms with Crippen LogP contribution in [0.1, 0.15) is 43.9 Å². The van der Waals surface area contributed by atoms with E-state index in [0.717, 1.165) is 43.5 Å². The second-order valence-electron chi connectivity index (χ2n) is 5.44. The lowest BCUT2D eigenvalue weighted by Crippen LogP contribution is -2.12. The molecule has 3 rings (SSSR count). The van der Waals surface area contributed by atoms with Gasteiger partial charge in [-0.1, -0.05) is 31.5 Å². The maximum Gasteiger partial charge on any atom is 0.0748 e. The lowest BCUT2D eigenvalue weighted by Gasteiger charge is -2.21. The number of anilines is 1. The zero-order valence-corrected chi connectivity index (χ0v) is 12.1. The molecule has 1 aromatic carbocycles. The van der Waals surface area contributed by atoms with Gasteiger partial charge in [0.1, 0.15) is 0 Å². The number of nitrogens with one attached hydrogen (secondary N) is 1. The van der Waals surface area contributed by atoms with Crippen molar-refractivity contribution in [1.29, 1.82) is 0 Å². The summed E-state index contributed by atoms with van der Waals surface area (Å²) in [6.07, 6.45) is 6.91. The van der Waals surface area contributed by atoms with Gasteiger partial charge in [-0.15, -0.1) is 0 Å². The van der Waals surface area contributed by atoms with Crippen molar-refractivity contribution < 1.29 is 4.84 Å². The number of nitrogens with zero attached hydrogens (tertiary/aromatic N) is 1. The smallest absolute Gasteiger partial charge is 0.0748 e. The first kappa shape index (κ1) is 13.4. The fourth-order valence-electron chi connectivity index (χ4n) is 2.83. The number of hydrogen-bond acceptors (Lipinski definition) is 3. The molecule has 0 unspecified atom stereocenters. The highest BCUT2D eigenvalue weighted by atomic mass is 16.6. The lowest BCUT2D eigenvalue weighted by molar-refractivity contribution is 0.189. The van der Waals surface area contributed by atoms with Crippen LogP contribution in [-0.2, 0) is 17.7 Å². The van der Waals surface area contributed by atoms with Crippen molar-refractivity contribution in [2.45, 2.75) is 45.4 Å². The summed E-state index contributed by atoms with van der Waals surface area (Å²) in [5.74, 6) is 0. The Hall–Kier alpha value is -1.61. The van der Waals surface area contributed by atoms with Crippen LogP contribution in [0, 0.1) is 0 Å². The molecule has 3 heteroatoms. The molecule has 0 saturated heterocycles. The minimum Gasteiger partial charge on any atom is -0.276 e. The van der Waals surface area contributed by atoms with Crippen LogP contribution in [0.4, 0.5) is 5.69 Å². The van der Waals surface area contributed by atoms with Crippen molar-refractivity contribution in [1.82, 2.24) is 4.98 Å². The molecule has 0 fully saturated rings. The number of fused-ring (bicyclic) bond motifs is 2. The Bertz CT molecular complexity index is 595. The largest absolute Gasteiger partial charge is 0.276 e. The van der Waals surface area contributed by atoms with Gasteiger partial charge in [0.15, 0.2) is 0 Å². The van der Waals surface area contributed by atoms with Gasteiger partial charge in [-0.05, 0) is 43.7 Å². The first-order valence-electron chi connectivity index (χ1n) is 7.68. The number of unbranched alkanes of at least 4 members (excludes halogenated alkanes) is 1. The van der Waals surface area contributed by atoms with E-state index in [1.165, 1.54) is 29.5 Å². The second kappa shape index (κ2) is 6.23. The third kappa shape index (κ3) is 2.63. The highest BCUT2D eigenvalue weighted by molar-refractivity contribution is 5.93. The van der Waals surface area contributed by atoms with Crippen molar-refractivity contribution in [2.24, 2.45) is 0 Å². The Kier molecular flexibility index (Phi) is 4.16. The Morgan fingerprint density at radius 2 is 2.05 bits per heavy atom. The maximum absolute atomic E-state index is 5.66. The molecular formula is C17H22N2O. The lowest BCUT2D eigenvalue weighted by atomic mass is 9.93. The number of rotatable bonds is 5. The predicted molar refractivity (Wildman–Crippen MR) is 82.9 cm³/mol. The van der Waals surface area contributed by atoms with Gasteiger partial charge in [0, 0.05) is 11.1 Å². The Balaban J connectivity index is 1.97. The Morgan fingerprint density at radius 1 is 1.20 bits per heavy atom. The molecule has 0 atom stereocenters. The molecule has 1 heterocycles. The molecule has 0 aliphatic heterocycles. The van der Waals surface area contributed by atoms with E-state index < -0.39 is 0 Å². The molecule has 2 aromatic rings. The zero-order chi connectivity index (χ0) is 13.8. The summed E-state index contributed by atoms with van der Waals surface area (Å²) >= 11 is 0. The monoisotopic (exact) mass is 270 g/mol. The molecule has 0 spiro atoms. The van der Waals surface area contributed by atoms with Gasteiger partial charge < -0.3 is 0 Å². The minimum atomic E-state index is 0.752. The molecule has 1 aliphatic carbocycles. The van der Waals surface area contributed by atoms with E-state index >= 15 is 0 Å². The third-order valence-corrected chi connectivity index (χ3v) is 3.94. The molecule has 20 heavy (non-hydrogen) atoms.